The maximum absolute atomic E-state index is 11.4. The number of nitrogens with one attached hydrogen (secondary N) is 1. The van der Waals surface area contributed by atoms with Crippen LogP contribution in [0.5, 0.6) is 0 Å². The van der Waals surface area contributed by atoms with E-state index in [0.717, 1.165) is 30.3 Å². The number of hydrogen-bond acceptors (Lipinski definition) is 2. The van der Waals surface area contributed by atoms with Crippen LogP contribution in [0.4, 0.5) is 0 Å². The Bertz CT molecular complexity index is 366. The van der Waals surface area contributed by atoms with Crippen molar-refractivity contribution in [2.45, 2.75) is 39.5 Å². The largest absolute Gasteiger partial charge is 0.311 e. The van der Waals surface area contributed by atoms with Crippen molar-refractivity contribution >= 4 is 0 Å². The van der Waals surface area contributed by atoms with Gasteiger partial charge in [-0.2, -0.15) is 0 Å². The highest BCUT2D eigenvalue weighted by Gasteiger charge is 2.22. The molecular formula is C12H18N2O. The van der Waals surface area contributed by atoms with Crippen molar-refractivity contribution in [3.63, 3.8) is 0 Å². The maximum atomic E-state index is 11.4. The Labute approximate surface area is 89.9 Å². The zero-order valence-electron chi connectivity index (χ0n) is 9.42. The summed E-state index contributed by atoms with van der Waals surface area (Å²) in [5.74, 6) is 2.19. The second-order valence-electron chi connectivity index (χ2n) is 4.93. The fraction of sp³-hybridized carbons (Fsp3) is 0.667. The summed E-state index contributed by atoms with van der Waals surface area (Å²) in [6, 6.07) is 1.62. The van der Waals surface area contributed by atoms with Gasteiger partial charge >= 0.3 is 0 Å². The molecule has 0 atom stereocenters. The smallest absolute Gasteiger partial charge is 0.251 e. The fourth-order valence-corrected chi connectivity index (χ4v) is 1.78. The van der Waals surface area contributed by atoms with Crippen molar-refractivity contribution in [2.24, 2.45) is 11.8 Å². The summed E-state index contributed by atoms with van der Waals surface area (Å²) >= 11 is 0. The van der Waals surface area contributed by atoms with Crippen molar-refractivity contribution in [2.75, 3.05) is 0 Å². The zero-order chi connectivity index (χ0) is 10.8. The predicted molar refractivity (Wildman–Crippen MR) is 59.8 cm³/mol. The number of nitrogens with zero attached hydrogens (tertiary/aromatic N) is 1. The topological polar surface area (TPSA) is 45.8 Å². The number of rotatable bonds is 4. The maximum Gasteiger partial charge on any atom is 0.251 e. The van der Waals surface area contributed by atoms with Gasteiger partial charge in [-0.25, -0.2) is 4.98 Å². The van der Waals surface area contributed by atoms with Crippen LogP contribution in [-0.4, -0.2) is 9.97 Å². The van der Waals surface area contributed by atoms with E-state index in [1.807, 2.05) is 0 Å². The van der Waals surface area contributed by atoms with E-state index in [1.165, 1.54) is 12.8 Å². The first-order valence-electron chi connectivity index (χ1n) is 5.72. The SMILES string of the molecule is CC(C)Cc1cc(=O)[nH]c(CC2CC2)n1. The van der Waals surface area contributed by atoms with Crippen molar-refractivity contribution in [1.82, 2.24) is 9.97 Å². The van der Waals surface area contributed by atoms with Gasteiger partial charge in [-0.15, -0.1) is 0 Å². The van der Waals surface area contributed by atoms with Gasteiger partial charge < -0.3 is 4.98 Å². The highest BCUT2D eigenvalue weighted by Crippen LogP contribution is 2.31. The second kappa shape index (κ2) is 4.17. The van der Waals surface area contributed by atoms with Crippen LogP contribution in [0.1, 0.15) is 38.2 Å². The number of aromatic amines is 1. The number of aromatic nitrogens is 2. The quantitative estimate of drug-likeness (QED) is 0.818. The molecule has 2 rings (SSSR count). The summed E-state index contributed by atoms with van der Waals surface area (Å²) in [4.78, 5) is 18.7. The van der Waals surface area contributed by atoms with Crippen LogP contribution in [0.3, 0.4) is 0 Å². The normalized spacial score (nSPS) is 15.9. The lowest BCUT2D eigenvalue weighted by Gasteiger charge is -2.05. The van der Waals surface area contributed by atoms with Crippen LogP contribution in [0, 0.1) is 11.8 Å². The molecule has 1 heterocycles. The minimum absolute atomic E-state index is 0.00343. The van der Waals surface area contributed by atoms with E-state index in [9.17, 15) is 4.79 Å². The van der Waals surface area contributed by atoms with Crippen LogP contribution >= 0.6 is 0 Å². The first-order chi connectivity index (χ1) is 7.13. The Balaban J connectivity index is 2.15. The molecule has 0 saturated heterocycles. The molecule has 15 heavy (non-hydrogen) atoms. The minimum Gasteiger partial charge on any atom is -0.311 e. The van der Waals surface area contributed by atoms with Gasteiger partial charge in [-0.1, -0.05) is 13.8 Å². The summed E-state index contributed by atoms with van der Waals surface area (Å²) in [6.07, 6.45) is 4.42. The van der Waals surface area contributed by atoms with Crippen LogP contribution in [-0.2, 0) is 12.8 Å². The second-order valence-corrected chi connectivity index (χ2v) is 4.93. The lowest BCUT2D eigenvalue weighted by molar-refractivity contribution is 0.625. The van der Waals surface area contributed by atoms with Crippen LogP contribution < -0.4 is 5.56 Å². The number of hydrogen-bond donors (Lipinski definition) is 1. The Morgan fingerprint density at radius 3 is 2.87 bits per heavy atom. The molecular weight excluding hydrogens is 188 g/mol. The molecule has 82 valence electrons. The van der Waals surface area contributed by atoms with Gasteiger partial charge in [0.25, 0.3) is 5.56 Å². The molecule has 1 aliphatic carbocycles. The third-order valence-corrected chi connectivity index (χ3v) is 2.64. The van der Waals surface area contributed by atoms with E-state index in [4.69, 9.17) is 0 Å². The van der Waals surface area contributed by atoms with E-state index in [0.29, 0.717) is 5.92 Å². The Morgan fingerprint density at radius 2 is 2.27 bits per heavy atom. The summed E-state index contributed by atoms with van der Waals surface area (Å²) in [5, 5.41) is 0. The highest BCUT2D eigenvalue weighted by molar-refractivity contribution is 5.05. The molecule has 1 saturated carbocycles. The monoisotopic (exact) mass is 206 g/mol. The van der Waals surface area contributed by atoms with Gasteiger partial charge in [0, 0.05) is 18.2 Å². The van der Waals surface area contributed by atoms with E-state index in [2.05, 4.69) is 23.8 Å². The van der Waals surface area contributed by atoms with Crippen LogP contribution in [0.2, 0.25) is 0 Å². The molecule has 0 bridgehead atoms. The summed E-state index contributed by atoms with van der Waals surface area (Å²) in [7, 11) is 0. The van der Waals surface area contributed by atoms with Crippen LogP contribution in [0.25, 0.3) is 0 Å². The molecule has 1 aromatic rings. The van der Waals surface area contributed by atoms with E-state index in [-0.39, 0.29) is 5.56 Å². The van der Waals surface area contributed by atoms with Crippen molar-refractivity contribution in [3.8, 4) is 0 Å². The molecule has 3 nitrogen and oxygen atoms in total. The van der Waals surface area contributed by atoms with Crippen LogP contribution in [0.15, 0.2) is 10.9 Å². The van der Waals surface area contributed by atoms with Gasteiger partial charge in [0.05, 0.1) is 0 Å². The molecule has 0 unspecified atom stereocenters. The van der Waals surface area contributed by atoms with Crippen molar-refractivity contribution < 1.29 is 0 Å². The van der Waals surface area contributed by atoms with Crippen molar-refractivity contribution in [3.05, 3.63) is 27.9 Å². The molecule has 3 heteroatoms. The molecule has 0 amide bonds. The Kier molecular flexibility index (Phi) is 2.89. The lowest BCUT2D eigenvalue weighted by atomic mass is 10.1. The summed E-state index contributed by atoms with van der Waals surface area (Å²) in [5.41, 5.74) is 0.931. The van der Waals surface area contributed by atoms with Gasteiger partial charge in [0.15, 0.2) is 0 Å². The summed E-state index contributed by atoms with van der Waals surface area (Å²) < 4.78 is 0. The molecule has 1 aromatic heterocycles. The standard InChI is InChI=1S/C12H18N2O/c1-8(2)5-10-7-12(15)14-11(13-10)6-9-3-4-9/h7-9H,3-6H2,1-2H3,(H,13,14,15). The average molecular weight is 206 g/mol. The molecule has 1 N–H and O–H groups in total. The molecule has 0 radical (unpaired) electrons. The average Bonchev–Trinajstić information content (AvgIpc) is 2.85. The molecule has 0 aromatic carbocycles. The predicted octanol–water partition coefficient (Wildman–Crippen LogP) is 1.92. The van der Waals surface area contributed by atoms with Gasteiger partial charge in [-0.05, 0) is 31.1 Å². The summed E-state index contributed by atoms with van der Waals surface area (Å²) in [6.45, 7) is 4.28. The van der Waals surface area contributed by atoms with Gasteiger partial charge in [0.2, 0.25) is 0 Å². The van der Waals surface area contributed by atoms with E-state index >= 15 is 0 Å². The third kappa shape index (κ3) is 3.18. The van der Waals surface area contributed by atoms with Crippen molar-refractivity contribution in [1.29, 1.82) is 0 Å². The minimum atomic E-state index is -0.00343. The zero-order valence-corrected chi connectivity index (χ0v) is 9.42. The first-order valence-corrected chi connectivity index (χ1v) is 5.72. The molecule has 1 fully saturated rings. The Hall–Kier alpha value is -1.12. The Morgan fingerprint density at radius 1 is 1.53 bits per heavy atom. The molecule has 1 aliphatic rings. The highest BCUT2D eigenvalue weighted by atomic mass is 16.1. The van der Waals surface area contributed by atoms with E-state index in [1.54, 1.807) is 6.07 Å². The third-order valence-electron chi connectivity index (χ3n) is 2.64. The lowest BCUT2D eigenvalue weighted by Crippen LogP contribution is -2.14. The van der Waals surface area contributed by atoms with Gasteiger partial charge in [-0.3, -0.25) is 4.79 Å². The van der Waals surface area contributed by atoms with E-state index < -0.39 is 0 Å². The fourth-order valence-electron chi connectivity index (χ4n) is 1.78. The molecule has 0 aliphatic heterocycles. The number of H-pyrrole nitrogens is 1. The van der Waals surface area contributed by atoms with Gasteiger partial charge in [0.1, 0.15) is 5.82 Å². The molecule has 0 spiro atoms. The first kappa shape index (κ1) is 10.4.